The molecular formula is C32H52O14. The van der Waals surface area contributed by atoms with Gasteiger partial charge in [-0.2, -0.15) is 0 Å². The van der Waals surface area contributed by atoms with Gasteiger partial charge in [-0.25, -0.2) is 4.79 Å². The molecule has 14 nitrogen and oxygen atoms in total. The van der Waals surface area contributed by atoms with Gasteiger partial charge in [0.15, 0.2) is 12.6 Å². The Morgan fingerprint density at radius 3 is 2.00 bits per heavy atom. The number of rotatable bonds is 17. The summed E-state index contributed by atoms with van der Waals surface area (Å²) in [6.07, 6.45) is -6.76. The topological polar surface area (TPSA) is 236 Å². The van der Waals surface area contributed by atoms with Crippen molar-refractivity contribution in [3.05, 3.63) is 47.6 Å². The van der Waals surface area contributed by atoms with E-state index < -0.39 is 92.3 Å². The molecule has 2 rings (SSSR count). The number of aliphatic hydroxyl groups excluding tert-OH is 8. The fourth-order valence-corrected chi connectivity index (χ4v) is 5.19. The van der Waals surface area contributed by atoms with E-state index in [0.717, 1.165) is 17.6 Å². The van der Waals surface area contributed by atoms with Crippen LogP contribution in [0.5, 0.6) is 0 Å². The Balaban J connectivity index is 2.06. The second-order valence-electron chi connectivity index (χ2n) is 12.2. The quantitative estimate of drug-likeness (QED) is 0.0727. The highest BCUT2D eigenvalue weighted by Crippen LogP contribution is 2.33. The van der Waals surface area contributed by atoms with Crippen LogP contribution in [0, 0.1) is 0 Å². The number of carboxylic acid groups (broad SMARTS) is 1. The Bertz CT molecular complexity index is 1070. The largest absolute Gasteiger partial charge is 0.478 e. The van der Waals surface area contributed by atoms with E-state index in [-0.39, 0.29) is 5.57 Å². The van der Waals surface area contributed by atoms with Crippen molar-refractivity contribution in [1.82, 2.24) is 0 Å². The fraction of sp³-hybridized carbons (Fsp3) is 0.719. The first-order valence-electron chi connectivity index (χ1n) is 15.4. The smallest absolute Gasteiger partial charge is 0.331 e. The van der Waals surface area contributed by atoms with Crippen molar-refractivity contribution >= 4 is 5.97 Å². The highest BCUT2D eigenvalue weighted by atomic mass is 16.8. The van der Waals surface area contributed by atoms with Crippen LogP contribution in [0.4, 0.5) is 0 Å². The SMILES string of the molecule is C=C[C@](C)(CC/C=C(\C)CC/C=C(\C)CC(O)/C=C(\C)C(=O)O)O[C@@H]1OC(CO)[C@@H](O)C(O)C1O[C@@H]1OC(CO)[C@@H](O)C(O)C1O. The number of carbonyl (C=O) groups is 1. The third kappa shape index (κ3) is 11.3. The molecule has 2 aliphatic heterocycles. The summed E-state index contributed by atoms with van der Waals surface area (Å²) in [6, 6.07) is 0. The second-order valence-corrected chi connectivity index (χ2v) is 12.2. The summed E-state index contributed by atoms with van der Waals surface area (Å²) in [5, 5.41) is 90.3. The molecular weight excluding hydrogens is 608 g/mol. The van der Waals surface area contributed by atoms with Gasteiger partial charge in [-0.3, -0.25) is 0 Å². The first kappa shape index (κ1) is 40.1. The summed E-state index contributed by atoms with van der Waals surface area (Å²) < 4.78 is 23.1. The standard InChI is InChI=1S/C32H52O14/c1-6-32(5,12-8-11-17(2)9-7-10-18(3)13-20(35)14-19(4)29(41)42)46-31-28(26(39)24(37)22(16-34)44-31)45-30-27(40)25(38)23(36)21(15-33)43-30/h6,10-11,14,20-28,30-31,33-40H,1,7-9,12-13,15-16H2,2-5H3,(H,41,42)/b17-11+,18-10+,19-14+/t20?,21?,22?,23-,24-,25?,26?,27?,28?,30+,31+,32-/m1/s1. The highest BCUT2D eigenvalue weighted by molar-refractivity contribution is 5.85. The van der Waals surface area contributed by atoms with Gasteiger partial charge in [-0.1, -0.05) is 29.4 Å². The monoisotopic (exact) mass is 660 g/mol. The van der Waals surface area contributed by atoms with E-state index in [1.807, 2.05) is 26.0 Å². The number of ether oxygens (including phenoxy) is 4. The van der Waals surface area contributed by atoms with Crippen LogP contribution in [-0.4, -0.2) is 138 Å². The van der Waals surface area contributed by atoms with Gasteiger partial charge in [-0.05, 0) is 65.9 Å². The Labute approximate surface area is 269 Å². The molecule has 0 aliphatic carbocycles. The molecule has 0 spiro atoms. The molecule has 0 amide bonds. The van der Waals surface area contributed by atoms with Crippen LogP contribution in [0.25, 0.3) is 0 Å². The lowest BCUT2D eigenvalue weighted by molar-refractivity contribution is -0.375. The molecule has 7 unspecified atom stereocenters. The van der Waals surface area contributed by atoms with Crippen molar-refractivity contribution in [2.45, 2.75) is 133 Å². The summed E-state index contributed by atoms with van der Waals surface area (Å²) in [5.74, 6) is -1.07. The molecule has 0 radical (unpaired) electrons. The zero-order valence-corrected chi connectivity index (χ0v) is 26.9. The minimum Gasteiger partial charge on any atom is -0.478 e. The van der Waals surface area contributed by atoms with E-state index in [1.54, 1.807) is 6.92 Å². The molecule has 9 N–H and O–H groups in total. The Kier molecular flexibility index (Phi) is 16.1. The van der Waals surface area contributed by atoms with Gasteiger partial charge in [0.05, 0.1) is 24.9 Å². The zero-order chi connectivity index (χ0) is 34.8. The van der Waals surface area contributed by atoms with Gasteiger partial charge in [0.1, 0.15) is 48.8 Å². The van der Waals surface area contributed by atoms with E-state index in [2.05, 4.69) is 6.58 Å². The van der Waals surface area contributed by atoms with Gasteiger partial charge < -0.3 is 64.9 Å². The predicted octanol–water partition coefficient (Wildman–Crippen LogP) is -0.193. The molecule has 0 saturated carbocycles. The Morgan fingerprint density at radius 1 is 0.870 bits per heavy atom. The highest BCUT2D eigenvalue weighted by Gasteiger charge is 2.51. The summed E-state index contributed by atoms with van der Waals surface area (Å²) >= 11 is 0. The number of hydrogen-bond donors (Lipinski definition) is 9. The van der Waals surface area contributed by atoms with Gasteiger partial charge in [-0.15, -0.1) is 6.58 Å². The number of hydrogen-bond acceptors (Lipinski definition) is 13. The van der Waals surface area contributed by atoms with Crippen molar-refractivity contribution < 1.29 is 69.7 Å². The Hall–Kier alpha value is -2.05. The molecule has 2 saturated heterocycles. The van der Waals surface area contributed by atoms with E-state index in [0.29, 0.717) is 25.7 Å². The van der Waals surface area contributed by atoms with Crippen molar-refractivity contribution in [2.75, 3.05) is 13.2 Å². The van der Waals surface area contributed by atoms with Crippen molar-refractivity contribution in [1.29, 1.82) is 0 Å². The van der Waals surface area contributed by atoms with Crippen molar-refractivity contribution in [3.63, 3.8) is 0 Å². The van der Waals surface area contributed by atoms with Crippen LogP contribution in [0.1, 0.15) is 59.8 Å². The third-order valence-electron chi connectivity index (χ3n) is 8.26. The first-order valence-corrected chi connectivity index (χ1v) is 15.4. The van der Waals surface area contributed by atoms with Gasteiger partial charge in [0, 0.05) is 5.57 Å². The van der Waals surface area contributed by atoms with Gasteiger partial charge >= 0.3 is 5.97 Å². The maximum absolute atomic E-state index is 10.9. The minimum atomic E-state index is -1.78. The molecule has 14 heteroatoms. The summed E-state index contributed by atoms with van der Waals surface area (Å²) in [6.45, 7) is 9.51. The van der Waals surface area contributed by atoms with E-state index in [9.17, 15) is 45.6 Å². The number of allylic oxidation sites excluding steroid dienone is 3. The molecule has 264 valence electrons. The normalized spacial score (nSPS) is 35.0. The van der Waals surface area contributed by atoms with Crippen LogP contribution in [0.15, 0.2) is 47.6 Å². The van der Waals surface area contributed by atoms with Gasteiger partial charge in [0.2, 0.25) is 0 Å². The zero-order valence-electron chi connectivity index (χ0n) is 26.9. The van der Waals surface area contributed by atoms with Crippen LogP contribution in [-0.2, 0) is 23.7 Å². The molecule has 0 aromatic carbocycles. The average molecular weight is 661 g/mol. The predicted molar refractivity (Wildman–Crippen MR) is 164 cm³/mol. The van der Waals surface area contributed by atoms with Crippen molar-refractivity contribution in [3.8, 4) is 0 Å². The van der Waals surface area contributed by atoms with Crippen molar-refractivity contribution in [2.24, 2.45) is 0 Å². The fourth-order valence-electron chi connectivity index (χ4n) is 5.19. The lowest BCUT2D eigenvalue weighted by atomic mass is 9.95. The maximum atomic E-state index is 10.9. The van der Waals surface area contributed by atoms with Crippen LogP contribution in [0.3, 0.4) is 0 Å². The molecule has 2 fully saturated rings. The molecule has 12 atom stereocenters. The number of aliphatic hydroxyl groups is 8. The summed E-state index contributed by atoms with van der Waals surface area (Å²) in [5.41, 5.74) is 1.05. The second kappa shape index (κ2) is 18.5. The van der Waals surface area contributed by atoms with Crippen LogP contribution >= 0.6 is 0 Å². The number of carboxylic acids is 1. The summed E-state index contributed by atoms with van der Waals surface area (Å²) in [4.78, 5) is 10.9. The summed E-state index contributed by atoms with van der Waals surface area (Å²) in [7, 11) is 0. The lowest BCUT2D eigenvalue weighted by Crippen LogP contribution is -2.65. The Morgan fingerprint density at radius 2 is 1.43 bits per heavy atom. The lowest BCUT2D eigenvalue weighted by Gasteiger charge is -2.47. The van der Waals surface area contributed by atoms with Crippen LogP contribution in [0.2, 0.25) is 0 Å². The minimum absolute atomic E-state index is 0.0865. The molecule has 2 aliphatic rings. The van der Waals surface area contributed by atoms with Crippen LogP contribution < -0.4 is 0 Å². The first-order chi connectivity index (χ1) is 21.6. The maximum Gasteiger partial charge on any atom is 0.331 e. The molecule has 0 aromatic heterocycles. The van der Waals surface area contributed by atoms with E-state index >= 15 is 0 Å². The van der Waals surface area contributed by atoms with E-state index in [4.69, 9.17) is 24.1 Å². The van der Waals surface area contributed by atoms with E-state index in [1.165, 1.54) is 19.1 Å². The molecule has 46 heavy (non-hydrogen) atoms. The molecule has 0 bridgehead atoms. The molecule has 0 aromatic rings. The number of aliphatic carboxylic acids is 1. The average Bonchev–Trinajstić information content (AvgIpc) is 3.00. The third-order valence-corrected chi connectivity index (χ3v) is 8.26. The van der Waals surface area contributed by atoms with Gasteiger partial charge in [0.25, 0.3) is 0 Å². The molecule has 2 heterocycles.